The van der Waals surface area contributed by atoms with E-state index < -0.39 is 26.2 Å². The molecule has 0 spiro atoms. The number of methoxy groups -OCH3 is 1. The zero-order valence-corrected chi connectivity index (χ0v) is 3.41. The van der Waals surface area contributed by atoms with Crippen LogP contribution in [-0.2, 0) is 4.74 Å². The molecule has 0 heterocycles. The predicted octanol–water partition coefficient (Wildman–Crippen LogP) is 1.29. The molecule has 6 heavy (non-hydrogen) atoms. The van der Waals surface area contributed by atoms with Crippen molar-refractivity contribution >= 4 is 0 Å². The smallest absolute Gasteiger partial charge is 0.0569 e. The van der Waals surface area contributed by atoms with Gasteiger partial charge in [-0.2, -0.15) is 0 Å². The molecular formula is C5H12O. The molecule has 1 nitrogen and oxygen atoms in total. The zero-order chi connectivity index (χ0) is 12.7. The van der Waals surface area contributed by atoms with Crippen LogP contribution in [0.2, 0.25) is 0 Å². The molecule has 0 atom stereocenters. The second-order valence-electron chi connectivity index (χ2n) is 0.681. The maximum atomic E-state index is 7.40. The summed E-state index contributed by atoms with van der Waals surface area (Å²) in [7, 11) is 0.820. The lowest BCUT2D eigenvalue weighted by atomic mass is 10.2. The molecule has 0 aliphatic carbocycles. The van der Waals surface area contributed by atoms with Gasteiger partial charge in [-0.05, 0) is 5.89 Å². The number of rotatable bonds is 2. The highest BCUT2D eigenvalue weighted by Gasteiger charge is 1.85. The van der Waals surface area contributed by atoms with Crippen LogP contribution in [-0.4, -0.2) is 13.7 Å². The van der Waals surface area contributed by atoms with Gasteiger partial charge in [-0.3, -0.25) is 0 Å². The monoisotopic (exact) mass is 97.1 g/mol. The quantitative estimate of drug-likeness (QED) is 0.504. The molecule has 0 saturated carbocycles. The third-order valence-electron chi connectivity index (χ3n) is 0.204. The molecule has 0 N–H and O–H groups in total. The first-order chi connectivity index (χ1) is 6.31. The van der Waals surface area contributed by atoms with Gasteiger partial charge in [0.1, 0.15) is 0 Å². The van der Waals surface area contributed by atoms with E-state index in [1.54, 1.807) is 0 Å². The standard InChI is InChI=1S/C5H12O/c1-5(2)4-6-3/h5H,4H2,1-3H3/i1D3,2D3,4D2,5D. The molecule has 0 saturated heterocycles. The van der Waals surface area contributed by atoms with E-state index in [-0.39, 0.29) is 0 Å². The van der Waals surface area contributed by atoms with Gasteiger partial charge < -0.3 is 4.74 Å². The van der Waals surface area contributed by atoms with Gasteiger partial charge >= 0.3 is 0 Å². The van der Waals surface area contributed by atoms with Crippen LogP contribution < -0.4 is 0 Å². The Balaban J connectivity index is 5.65. The van der Waals surface area contributed by atoms with Gasteiger partial charge in [-0.1, -0.05) is 13.7 Å². The van der Waals surface area contributed by atoms with Crippen LogP contribution in [0, 0.1) is 5.89 Å². The molecule has 0 fully saturated rings. The average molecular weight is 97.2 g/mol. The molecule has 0 radical (unpaired) electrons. The van der Waals surface area contributed by atoms with Crippen LogP contribution in [0.15, 0.2) is 0 Å². The van der Waals surface area contributed by atoms with E-state index in [0.717, 1.165) is 7.11 Å². The number of hydrogen-bond donors (Lipinski definition) is 0. The van der Waals surface area contributed by atoms with E-state index in [0.29, 0.717) is 0 Å². The Bertz CT molecular complexity index is 212. The number of ether oxygens (including phenoxy) is 1. The van der Waals surface area contributed by atoms with E-state index in [9.17, 15) is 0 Å². The molecule has 0 aliphatic heterocycles. The predicted molar refractivity (Wildman–Crippen MR) is 26.7 cm³/mol. The fourth-order valence-corrected chi connectivity index (χ4v) is 0.102. The molecule has 0 unspecified atom stereocenters. The summed E-state index contributed by atoms with van der Waals surface area (Å²) >= 11 is 0. The van der Waals surface area contributed by atoms with E-state index in [2.05, 4.69) is 4.74 Å². The Kier molecular flexibility index (Phi) is 0.396. The molecule has 0 aromatic rings. The second-order valence-corrected chi connectivity index (χ2v) is 0.681. The van der Waals surface area contributed by atoms with Crippen LogP contribution in [0.5, 0.6) is 0 Å². The van der Waals surface area contributed by atoms with Crippen molar-refractivity contribution in [3.63, 3.8) is 0 Å². The van der Waals surface area contributed by atoms with E-state index in [1.165, 1.54) is 0 Å². The minimum atomic E-state index is -3.32. The molecule has 1 heteroatoms. The summed E-state index contributed by atoms with van der Waals surface area (Å²) in [5.74, 6) is -3.32. The Hall–Kier alpha value is -0.0400. The second kappa shape index (κ2) is 3.16. The van der Waals surface area contributed by atoms with Gasteiger partial charge in [0.05, 0.1) is 2.74 Å². The van der Waals surface area contributed by atoms with Crippen molar-refractivity contribution in [1.29, 1.82) is 0 Å². The Morgan fingerprint density at radius 1 is 2.17 bits per heavy atom. The van der Waals surface area contributed by atoms with Crippen molar-refractivity contribution < 1.29 is 17.1 Å². The maximum absolute atomic E-state index is 7.40. The molecular weight excluding hydrogens is 76.1 g/mol. The molecule has 0 aliphatic rings. The summed E-state index contributed by atoms with van der Waals surface area (Å²) in [6, 6.07) is 0. The van der Waals surface area contributed by atoms with E-state index in [1.807, 2.05) is 0 Å². The van der Waals surface area contributed by atoms with Gasteiger partial charge in [-0.25, -0.2) is 0 Å². The van der Waals surface area contributed by atoms with Crippen molar-refractivity contribution in [2.24, 2.45) is 5.89 Å². The molecule has 0 amide bonds. The van der Waals surface area contributed by atoms with Crippen molar-refractivity contribution in [3.05, 3.63) is 0 Å². The van der Waals surface area contributed by atoms with Crippen molar-refractivity contribution in [2.45, 2.75) is 13.7 Å². The zero-order valence-electron chi connectivity index (χ0n) is 12.4. The Morgan fingerprint density at radius 2 is 2.83 bits per heavy atom. The summed E-state index contributed by atoms with van der Waals surface area (Å²) in [6.07, 6.45) is 0. The molecule has 0 rings (SSSR count). The summed E-state index contributed by atoms with van der Waals surface area (Å²) < 4.78 is 67.7. The first-order valence-corrected chi connectivity index (χ1v) is 1.36. The summed E-state index contributed by atoms with van der Waals surface area (Å²) in [5.41, 5.74) is 0. The van der Waals surface area contributed by atoms with Gasteiger partial charge in [0.2, 0.25) is 0 Å². The third kappa shape index (κ3) is 3.96. The van der Waals surface area contributed by atoms with E-state index >= 15 is 0 Å². The van der Waals surface area contributed by atoms with Gasteiger partial charge in [0.15, 0.2) is 0 Å². The average Bonchev–Trinajstić information content (AvgIpc) is 1.98. The summed E-state index contributed by atoms with van der Waals surface area (Å²) in [5, 5.41) is 0. The first-order valence-electron chi connectivity index (χ1n) is 5.86. The minimum Gasteiger partial charge on any atom is -0.384 e. The molecule has 0 bridgehead atoms. The van der Waals surface area contributed by atoms with Gasteiger partial charge in [-0.15, -0.1) is 0 Å². The molecule has 0 aromatic carbocycles. The minimum absolute atomic E-state index is 0.820. The largest absolute Gasteiger partial charge is 0.384 e. The highest BCUT2D eigenvalue weighted by atomic mass is 16.5. The van der Waals surface area contributed by atoms with Crippen LogP contribution in [0.3, 0.4) is 0 Å². The van der Waals surface area contributed by atoms with Crippen molar-refractivity contribution in [2.75, 3.05) is 13.7 Å². The fourth-order valence-electron chi connectivity index (χ4n) is 0.102. The van der Waals surface area contributed by atoms with Crippen molar-refractivity contribution in [3.8, 4) is 0 Å². The van der Waals surface area contributed by atoms with Crippen molar-refractivity contribution in [1.82, 2.24) is 0 Å². The Labute approximate surface area is 52.0 Å². The normalized spacial score (nSPS) is 40.5. The SMILES string of the molecule is [2H]C([2H])([2H])C([2H])(C([2H])([2H])[2H])C([2H])([2H])OC. The molecule has 0 aromatic heterocycles. The van der Waals surface area contributed by atoms with E-state index in [4.69, 9.17) is 12.3 Å². The lowest BCUT2D eigenvalue weighted by molar-refractivity contribution is 0.167. The lowest BCUT2D eigenvalue weighted by Gasteiger charge is -1.97. The van der Waals surface area contributed by atoms with Crippen LogP contribution in [0.25, 0.3) is 0 Å². The highest BCUT2D eigenvalue weighted by molar-refractivity contribution is 4.35. The van der Waals surface area contributed by atoms with Gasteiger partial charge in [0, 0.05) is 23.3 Å². The summed E-state index contributed by atoms with van der Waals surface area (Å²) in [6.45, 7) is -9.74. The Morgan fingerprint density at radius 3 is 3.00 bits per heavy atom. The fraction of sp³-hybridized carbons (Fsp3) is 1.00. The van der Waals surface area contributed by atoms with Crippen LogP contribution in [0.4, 0.5) is 0 Å². The molecule has 38 valence electrons. The summed E-state index contributed by atoms with van der Waals surface area (Å²) in [4.78, 5) is 0. The van der Waals surface area contributed by atoms with Gasteiger partial charge in [0.25, 0.3) is 0 Å². The maximum Gasteiger partial charge on any atom is 0.0569 e. The highest BCUT2D eigenvalue weighted by Crippen LogP contribution is 1.88. The van der Waals surface area contributed by atoms with Crippen LogP contribution >= 0.6 is 0 Å². The lowest BCUT2D eigenvalue weighted by Crippen LogP contribution is -1.96. The van der Waals surface area contributed by atoms with Crippen LogP contribution in [0.1, 0.15) is 26.0 Å². The first kappa shape index (κ1) is 0.752. The topological polar surface area (TPSA) is 9.23 Å². The number of hydrogen-bond acceptors (Lipinski definition) is 1. The third-order valence-corrected chi connectivity index (χ3v) is 0.204.